The predicted octanol–water partition coefficient (Wildman–Crippen LogP) is 20.4. The van der Waals surface area contributed by atoms with E-state index in [9.17, 15) is 19.0 Å². The molecule has 436 valence electrons. The lowest BCUT2D eigenvalue weighted by molar-refractivity contribution is -0.161. The Labute approximate surface area is 458 Å². The molecule has 2 atom stereocenters. The Balaban J connectivity index is 3.68. The molecule has 0 aliphatic rings. The average molecular weight is 1060 g/mol. The molecule has 0 saturated carbocycles. The van der Waals surface area contributed by atoms with Crippen LogP contribution < -0.4 is 5.73 Å². The first-order chi connectivity index (χ1) is 36.3. The lowest BCUT2D eigenvalue weighted by atomic mass is 10.0. The molecule has 3 N–H and O–H groups in total. The molecule has 0 amide bonds. The van der Waals surface area contributed by atoms with E-state index in [-0.39, 0.29) is 38.6 Å². The highest BCUT2D eigenvalue weighted by molar-refractivity contribution is 7.47. The number of phosphoric ester groups is 1. The molecule has 2 unspecified atom stereocenters. The van der Waals surface area contributed by atoms with Gasteiger partial charge in [-0.15, -0.1) is 0 Å². The molecule has 0 fully saturated rings. The lowest BCUT2D eigenvalue weighted by Gasteiger charge is -2.19. The van der Waals surface area contributed by atoms with Gasteiger partial charge < -0.3 is 20.1 Å². The van der Waals surface area contributed by atoms with Crippen molar-refractivity contribution in [3.63, 3.8) is 0 Å². The number of hydrogen-bond donors (Lipinski definition) is 2. The Morgan fingerprint density at radius 1 is 0.419 bits per heavy atom. The maximum Gasteiger partial charge on any atom is 0.472 e. The van der Waals surface area contributed by atoms with Crippen molar-refractivity contribution >= 4 is 19.8 Å². The summed E-state index contributed by atoms with van der Waals surface area (Å²) in [6, 6.07) is 0. The van der Waals surface area contributed by atoms with Crippen LogP contribution >= 0.6 is 7.82 Å². The molecule has 0 rings (SSSR count). The molecule has 0 bridgehead atoms. The van der Waals surface area contributed by atoms with Crippen LogP contribution in [-0.4, -0.2) is 49.3 Å². The zero-order chi connectivity index (χ0) is 53.8. The van der Waals surface area contributed by atoms with Gasteiger partial charge in [-0.1, -0.05) is 307 Å². The Bertz CT molecular complexity index is 1310. The van der Waals surface area contributed by atoms with Crippen LogP contribution in [-0.2, 0) is 32.7 Å². The molecule has 0 saturated heterocycles. The van der Waals surface area contributed by atoms with Gasteiger partial charge in [-0.05, 0) is 44.9 Å². The van der Waals surface area contributed by atoms with Crippen molar-refractivity contribution in [2.75, 3.05) is 26.4 Å². The summed E-state index contributed by atoms with van der Waals surface area (Å²) in [6.45, 7) is 3.63. The number of phosphoric acid groups is 1. The highest BCUT2D eigenvalue weighted by Crippen LogP contribution is 2.43. The monoisotopic (exact) mass is 1060 g/mol. The van der Waals surface area contributed by atoms with Gasteiger partial charge in [0.2, 0.25) is 0 Å². The van der Waals surface area contributed by atoms with E-state index >= 15 is 0 Å². The molecule has 0 heterocycles. The minimum atomic E-state index is -4.39. The zero-order valence-corrected chi connectivity index (χ0v) is 49.7. The standard InChI is InChI=1S/C64H122NO8P/c1-3-5-7-9-11-13-15-17-18-19-20-21-22-23-24-25-26-27-28-29-30-31-32-33-34-35-36-37-38-39-40-41-42-43-45-46-48-50-52-54-56-63(66)70-60-62(61-72-74(68,69)71-59-58-65)73-64(67)57-55-53-51-49-47-44-16-14-12-10-8-6-4-2/h6,8,12,14,44,47,62H,3-5,7,9-11,13,15-43,45-46,48-61,65H2,1-2H3,(H,68,69)/b8-6-,14-12-,47-44-. The average Bonchev–Trinajstić information content (AvgIpc) is 3.39. The van der Waals surface area contributed by atoms with E-state index in [1.807, 2.05) is 0 Å². The molecule has 74 heavy (non-hydrogen) atoms. The van der Waals surface area contributed by atoms with E-state index < -0.39 is 26.5 Å². The molecule has 0 aromatic carbocycles. The van der Waals surface area contributed by atoms with Crippen molar-refractivity contribution < 1.29 is 37.6 Å². The fraction of sp³-hybridized carbons (Fsp3) is 0.875. The van der Waals surface area contributed by atoms with Crippen molar-refractivity contribution in [2.24, 2.45) is 5.73 Å². The van der Waals surface area contributed by atoms with Crippen molar-refractivity contribution in [1.82, 2.24) is 0 Å². The smallest absolute Gasteiger partial charge is 0.462 e. The number of carbonyl (C=O) groups is 2. The van der Waals surface area contributed by atoms with E-state index in [1.165, 1.54) is 238 Å². The second-order valence-electron chi connectivity index (χ2n) is 21.6. The topological polar surface area (TPSA) is 134 Å². The van der Waals surface area contributed by atoms with Crippen molar-refractivity contribution in [3.8, 4) is 0 Å². The van der Waals surface area contributed by atoms with Crippen LogP contribution in [0.3, 0.4) is 0 Å². The summed E-state index contributed by atoms with van der Waals surface area (Å²) >= 11 is 0. The van der Waals surface area contributed by atoms with E-state index in [0.717, 1.165) is 57.8 Å². The highest BCUT2D eigenvalue weighted by Gasteiger charge is 2.26. The van der Waals surface area contributed by atoms with Gasteiger partial charge in [-0.25, -0.2) is 4.57 Å². The van der Waals surface area contributed by atoms with Gasteiger partial charge in [0.05, 0.1) is 13.2 Å². The fourth-order valence-electron chi connectivity index (χ4n) is 9.60. The number of ether oxygens (including phenoxy) is 2. The first-order valence-electron chi connectivity index (χ1n) is 32.0. The summed E-state index contributed by atoms with van der Waals surface area (Å²) in [5.41, 5.74) is 5.37. The lowest BCUT2D eigenvalue weighted by Crippen LogP contribution is -2.29. The number of nitrogens with two attached hydrogens (primary N) is 1. The second kappa shape index (κ2) is 60.5. The maximum absolute atomic E-state index is 12.6. The normalized spacial score (nSPS) is 13.2. The summed E-state index contributed by atoms with van der Waals surface area (Å²) in [5, 5.41) is 0. The van der Waals surface area contributed by atoms with Crippen LogP contribution in [0.25, 0.3) is 0 Å². The largest absolute Gasteiger partial charge is 0.472 e. The Morgan fingerprint density at radius 2 is 0.743 bits per heavy atom. The van der Waals surface area contributed by atoms with Gasteiger partial charge in [-0.2, -0.15) is 0 Å². The Kier molecular flexibility index (Phi) is 59.0. The van der Waals surface area contributed by atoms with Crippen LogP contribution in [0.5, 0.6) is 0 Å². The number of carbonyl (C=O) groups excluding carboxylic acids is 2. The third-order valence-electron chi connectivity index (χ3n) is 14.3. The zero-order valence-electron chi connectivity index (χ0n) is 48.8. The van der Waals surface area contributed by atoms with Crippen LogP contribution in [0.1, 0.15) is 328 Å². The number of allylic oxidation sites excluding steroid dienone is 6. The number of esters is 2. The summed E-state index contributed by atoms with van der Waals surface area (Å²) < 4.78 is 32.9. The SMILES string of the molecule is CC/C=C\C/C=C\C/C=C\CCCCCC(=O)OC(COC(=O)CCCCCCCCCCCCCCCCCCCCCCCCCCCCCCCCCCCCCCCCCC)COP(=O)(O)OCCN. The molecular formula is C64H122NO8P. The van der Waals surface area contributed by atoms with E-state index in [2.05, 4.69) is 50.3 Å². The van der Waals surface area contributed by atoms with Crippen LogP contribution in [0.4, 0.5) is 0 Å². The maximum atomic E-state index is 12.6. The van der Waals surface area contributed by atoms with E-state index in [1.54, 1.807) is 0 Å². The first kappa shape index (κ1) is 72.2. The molecular weight excluding hydrogens is 942 g/mol. The number of hydrogen-bond acceptors (Lipinski definition) is 8. The van der Waals surface area contributed by atoms with Crippen molar-refractivity contribution in [1.29, 1.82) is 0 Å². The Hall–Kier alpha value is -1.77. The van der Waals surface area contributed by atoms with Crippen LogP contribution in [0.2, 0.25) is 0 Å². The molecule has 0 spiro atoms. The van der Waals surface area contributed by atoms with Crippen LogP contribution in [0.15, 0.2) is 36.5 Å². The third kappa shape index (κ3) is 59.5. The first-order valence-corrected chi connectivity index (χ1v) is 33.5. The quantitative estimate of drug-likeness (QED) is 0.0264. The minimum absolute atomic E-state index is 0.0491. The molecule has 0 radical (unpaired) electrons. The Morgan fingerprint density at radius 3 is 1.11 bits per heavy atom. The molecule has 0 aromatic rings. The fourth-order valence-corrected chi connectivity index (χ4v) is 10.4. The second-order valence-corrected chi connectivity index (χ2v) is 23.1. The molecule has 9 nitrogen and oxygen atoms in total. The predicted molar refractivity (Wildman–Crippen MR) is 317 cm³/mol. The van der Waals surface area contributed by atoms with Crippen LogP contribution in [0, 0.1) is 0 Å². The summed E-state index contributed by atoms with van der Waals surface area (Å²) in [6.07, 6.45) is 74.2. The summed E-state index contributed by atoms with van der Waals surface area (Å²) in [4.78, 5) is 35.1. The summed E-state index contributed by atoms with van der Waals surface area (Å²) in [7, 11) is -4.39. The van der Waals surface area contributed by atoms with Crippen molar-refractivity contribution in [3.05, 3.63) is 36.5 Å². The molecule has 0 aromatic heterocycles. The van der Waals surface area contributed by atoms with Gasteiger partial charge in [0.1, 0.15) is 6.61 Å². The van der Waals surface area contributed by atoms with Gasteiger partial charge in [0.15, 0.2) is 6.10 Å². The minimum Gasteiger partial charge on any atom is -0.462 e. The number of rotatable bonds is 61. The molecule has 10 heteroatoms. The molecule has 0 aliphatic heterocycles. The van der Waals surface area contributed by atoms with Crippen molar-refractivity contribution in [2.45, 2.75) is 335 Å². The highest BCUT2D eigenvalue weighted by atomic mass is 31.2. The van der Waals surface area contributed by atoms with E-state index in [0.29, 0.717) is 6.42 Å². The van der Waals surface area contributed by atoms with Gasteiger partial charge in [0, 0.05) is 19.4 Å². The molecule has 0 aliphatic carbocycles. The van der Waals surface area contributed by atoms with Gasteiger partial charge in [-0.3, -0.25) is 18.6 Å². The summed E-state index contributed by atoms with van der Waals surface area (Å²) in [5.74, 6) is -0.851. The van der Waals surface area contributed by atoms with Gasteiger partial charge >= 0.3 is 19.8 Å². The third-order valence-corrected chi connectivity index (χ3v) is 15.3. The number of unbranched alkanes of at least 4 members (excludes halogenated alkanes) is 42. The van der Waals surface area contributed by atoms with Gasteiger partial charge in [0.25, 0.3) is 0 Å². The van der Waals surface area contributed by atoms with E-state index in [4.69, 9.17) is 24.3 Å².